The van der Waals surface area contributed by atoms with Gasteiger partial charge in [-0.05, 0) is 181 Å². The fourth-order valence-electron chi connectivity index (χ4n) is 13.2. The van der Waals surface area contributed by atoms with Crippen molar-refractivity contribution in [3.63, 3.8) is 0 Å². The number of Topliss-reactive ketones (excluding diaryl/α,β-unsaturated/α-hetero) is 2. The molecule has 0 radical (unpaired) electrons. The van der Waals surface area contributed by atoms with E-state index in [2.05, 4.69) is 262 Å². The number of rotatable bonds is 21. The van der Waals surface area contributed by atoms with E-state index in [-0.39, 0.29) is 24.4 Å². The molecular weight excluding hydrogens is 1210 g/mol. The first-order chi connectivity index (χ1) is 48.1. The van der Waals surface area contributed by atoms with Crippen molar-refractivity contribution in [1.82, 2.24) is 0 Å². The summed E-state index contributed by atoms with van der Waals surface area (Å²) in [4.78, 5) is 57.9. The number of anilines is 12. The zero-order valence-corrected chi connectivity index (χ0v) is 54.4. The minimum absolute atomic E-state index is 0.223. The van der Waals surface area contributed by atoms with Gasteiger partial charge in [0.15, 0.2) is 0 Å². The maximum absolute atomic E-state index is 12.7. The van der Waals surface area contributed by atoms with Gasteiger partial charge in [0, 0.05) is 92.0 Å². The van der Waals surface area contributed by atoms with Crippen molar-refractivity contribution < 1.29 is 28.7 Å². The number of nitrogens with zero attached hydrogens (tertiary/aromatic N) is 4. The molecule has 0 N–H and O–H groups in total. The standard InChI is InChI=1S/C88H70N4O6/c1-61(93)59-87(95)97-85-33-17-27-79-81(85)29-15-31-83(79)91(71-23-11-5-12-24-71)77-55-43-67(44-56-77)65-39-51-75(52-40-65)89(69-19-7-3-8-20-69)73-47-35-63(36-48-73)64-37-49-74(50-38-64)90(70-21-9-4-10-22-70)76-53-41-66(42-54-76)68-45-57-78(58-46-68)92(72-25-13-6-14-26-72)84-32-16-30-82-80(84)28-18-34-86(82)98-88(96)60-62(2)94/h3-32,35-58,85-86H,33-34,59-60H2,1-2H3. The van der Waals surface area contributed by atoms with E-state index in [0.29, 0.717) is 12.8 Å². The molecule has 98 heavy (non-hydrogen) atoms. The SMILES string of the molecule is CC(=O)CC(=O)OC1CC=Cc2c1cccc2N(c1ccccc1)c1ccc(-c2ccc(N(c3ccccc3)c3ccc(-c4ccc(N(c5ccccc5)c5ccc(-c6ccc(N(c7ccccc7)c7cccc8c7C=CCC8OC(=O)CC(C)=O)cc6)cc5)cc4)cc3)cc2)cc1. The van der Waals surface area contributed by atoms with E-state index in [1.54, 1.807) is 0 Å². The Hall–Kier alpha value is -12.4. The summed E-state index contributed by atoms with van der Waals surface area (Å²) in [6.45, 7) is 2.80. The third-order valence-corrected chi connectivity index (χ3v) is 17.8. The van der Waals surface area contributed by atoms with Gasteiger partial charge < -0.3 is 29.1 Å². The maximum atomic E-state index is 12.7. The van der Waals surface area contributed by atoms with Crippen molar-refractivity contribution in [3.8, 4) is 33.4 Å². The Balaban J connectivity index is 0.686. The van der Waals surface area contributed by atoms with Crippen LogP contribution in [0.4, 0.5) is 68.2 Å². The Morgan fingerprint density at radius 3 is 0.776 bits per heavy atom. The maximum Gasteiger partial charge on any atom is 0.313 e. The molecule has 0 spiro atoms. The molecule has 0 saturated carbocycles. The number of fused-ring (bicyclic) bond motifs is 2. The number of carbonyl (C=O) groups is 4. The summed E-state index contributed by atoms with van der Waals surface area (Å²) in [5.74, 6) is -1.48. The topological polar surface area (TPSA) is 99.7 Å². The van der Waals surface area contributed by atoms with Gasteiger partial charge in [-0.15, -0.1) is 0 Å². The molecule has 0 amide bonds. The van der Waals surface area contributed by atoms with E-state index >= 15 is 0 Å². The molecule has 478 valence electrons. The second-order valence-electron chi connectivity index (χ2n) is 24.5. The first-order valence-corrected chi connectivity index (χ1v) is 33.1. The molecule has 12 aromatic carbocycles. The van der Waals surface area contributed by atoms with Crippen LogP contribution in [0, 0.1) is 0 Å². The largest absolute Gasteiger partial charge is 0.457 e. The third-order valence-electron chi connectivity index (χ3n) is 17.8. The van der Waals surface area contributed by atoms with Crippen molar-refractivity contribution in [2.24, 2.45) is 0 Å². The number of esters is 2. The lowest BCUT2D eigenvalue weighted by Crippen LogP contribution is -2.18. The van der Waals surface area contributed by atoms with Crippen molar-refractivity contribution in [1.29, 1.82) is 0 Å². The molecular formula is C88H70N4O6. The number of carbonyl (C=O) groups excluding carboxylic acids is 4. The lowest BCUT2D eigenvalue weighted by Gasteiger charge is -2.31. The highest BCUT2D eigenvalue weighted by Gasteiger charge is 2.29. The summed E-state index contributed by atoms with van der Waals surface area (Å²) in [6, 6.07) is 106. The second-order valence-corrected chi connectivity index (χ2v) is 24.5. The van der Waals surface area contributed by atoms with E-state index in [1.807, 2.05) is 84.9 Å². The van der Waals surface area contributed by atoms with Crippen LogP contribution < -0.4 is 19.6 Å². The Morgan fingerprint density at radius 2 is 0.520 bits per heavy atom. The zero-order chi connectivity index (χ0) is 66.9. The van der Waals surface area contributed by atoms with Gasteiger partial charge >= 0.3 is 11.9 Å². The summed E-state index contributed by atoms with van der Waals surface area (Å²) < 4.78 is 11.7. The highest BCUT2D eigenvalue weighted by molar-refractivity contribution is 5.96. The van der Waals surface area contributed by atoms with Crippen LogP contribution in [0.1, 0.15) is 74.0 Å². The lowest BCUT2D eigenvalue weighted by atomic mass is 9.92. The molecule has 0 heterocycles. The van der Waals surface area contributed by atoms with Crippen LogP contribution in [0.2, 0.25) is 0 Å². The van der Waals surface area contributed by atoms with Crippen LogP contribution in [0.3, 0.4) is 0 Å². The van der Waals surface area contributed by atoms with Gasteiger partial charge in [0.25, 0.3) is 0 Å². The Morgan fingerprint density at radius 1 is 0.286 bits per heavy atom. The quantitative estimate of drug-likeness (QED) is 0.0511. The summed E-state index contributed by atoms with van der Waals surface area (Å²) in [5, 5.41) is 0. The fourth-order valence-corrected chi connectivity index (χ4v) is 13.2. The number of hydrogen-bond donors (Lipinski definition) is 0. The third kappa shape index (κ3) is 13.8. The number of ketones is 2. The smallest absolute Gasteiger partial charge is 0.313 e. The molecule has 14 rings (SSSR count). The Labute approximate surface area is 571 Å². The van der Waals surface area contributed by atoms with Gasteiger partial charge in [-0.3, -0.25) is 19.2 Å². The average Bonchev–Trinajstić information content (AvgIpc) is 0.781. The van der Waals surface area contributed by atoms with Gasteiger partial charge in [-0.1, -0.05) is 194 Å². The van der Waals surface area contributed by atoms with Crippen LogP contribution in [0.25, 0.3) is 45.5 Å². The van der Waals surface area contributed by atoms with E-state index in [4.69, 9.17) is 9.47 Å². The van der Waals surface area contributed by atoms with Gasteiger partial charge in [-0.25, -0.2) is 0 Å². The van der Waals surface area contributed by atoms with Gasteiger partial charge in [0.05, 0.1) is 11.4 Å². The molecule has 0 aliphatic heterocycles. The predicted molar refractivity (Wildman–Crippen MR) is 397 cm³/mol. The van der Waals surface area contributed by atoms with Gasteiger partial charge in [0.2, 0.25) is 0 Å². The second kappa shape index (κ2) is 28.7. The number of benzene rings is 12. The van der Waals surface area contributed by atoms with Crippen molar-refractivity contribution >= 4 is 104 Å². The van der Waals surface area contributed by atoms with Crippen LogP contribution in [0.15, 0.2) is 315 Å². The van der Waals surface area contributed by atoms with E-state index in [9.17, 15) is 19.2 Å². The Bertz CT molecular complexity index is 4560. The predicted octanol–water partition coefficient (Wildman–Crippen LogP) is 22.5. The van der Waals surface area contributed by atoms with Crippen LogP contribution in [-0.2, 0) is 28.7 Å². The van der Waals surface area contributed by atoms with Crippen LogP contribution in [-0.4, -0.2) is 23.5 Å². The monoisotopic (exact) mass is 1280 g/mol. The van der Waals surface area contributed by atoms with Crippen molar-refractivity contribution in [2.45, 2.75) is 51.7 Å². The Kier molecular flexibility index (Phi) is 18.4. The number of para-hydroxylation sites is 4. The van der Waals surface area contributed by atoms with Crippen molar-refractivity contribution in [3.05, 3.63) is 338 Å². The molecule has 12 aromatic rings. The molecule has 0 saturated heterocycles. The molecule has 2 aliphatic rings. The molecule has 2 aliphatic carbocycles. The summed E-state index contributed by atoms with van der Waals surface area (Å²) in [6.07, 6.45) is 7.86. The molecule has 10 nitrogen and oxygen atoms in total. The van der Waals surface area contributed by atoms with Gasteiger partial charge in [0.1, 0.15) is 36.6 Å². The lowest BCUT2D eigenvalue weighted by molar-refractivity contribution is -0.152. The minimum Gasteiger partial charge on any atom is -0.457 e. The van der Waals surface area contributed by atoms with E-state index in [0.717, 1.165) is 124 Å². The first kappa shape index (κ1) is 63.0. The zero-order valence-electron chi connectivity index (χ0n) is 54.4. The van der Waals surface area contributed by atoms with Crippen molar-refractivity contribution in [2.75, 3.05) is 19.6 Å². The van der Waals surface area contributed by atoms with E-state index < -0.39 is 24.1 Å². The van der Waals surface area contributed by atoms with Gasteiger partial charge in [-0.2, -0.15) is 0 Å². The van der Waals surface area contributed by atoms with Crippen LogP contribution in [0.5, 0.6) is 0 Å². The number of ether oxygens (including phenoxy) is 2. The highest BCUT2D eigenvalue weighted by Crippen LogP contribution is 2.47. The average molecular weight is 1280 g/mol. The first-order valence-electron chi connectivity index (χ1n) is 33.1. The minimum atomic E-state index is -0.517. The number of hydrogen-bond acceptors (Lipinski definition) is 10. The molecule has 0 fully saturated rings. The molecule has 0 aromatic heterocycles. The molecule has 0 bridgehead atoms. The van der Waals surface area contributed by atoms with E-state index in [1.165, 1.54) is 13.8 Å². The highest BCUT2D eigenvalue weighted by atomic mass is 16.5. The summed E-state index contributed by atoms with van der Waals surface area (Å²) in [7, 11) is 0. The summed E-state index contributed by atoms with van der Waals surface area (Å²) >= 11 is 0. The fraction of sp³-hybridized carbons (Fsp3) is 0.0909. The summed E-state index contributed by atoms with van der Waals surface area (Å²) in [5.41, 5.74) is 22.3. The van der Waals surface area contributed by atoms with Crippen LogP contribution >= 0.6 is 0 Å². The molecule has 10 heteroatoms. The normalized spacial score (nSPS) is 13.5. The molecule has 2 atom stereocenters. The molecule has 2 unspecified atom stereocenters.